The van der Waals surface area contributed by atoms with Crippen LogP contribution in [0, 0.1) is 5.21 Å². The molecule has 0 radical (unpaired) electrons. The standard InChI is InChI=1S/C22H26N2O4/c1-27-19-13-11-18(12-14-19)23-15-7-6-10-20(23)21(22(25)28-2)24(26)16-17-8-4-3-5-9-17/h3-5,8-9,11-14,16,20-21H,6-7,10,15H2,1-2H3/b24-16-. The molecule has 6 nitrogen and oxygen atoms in total. The van der Waals surface area contributed by atoms with Crippen LogP contribution in [0.15, 0.2) is 54.6 Å². The topological polar surface area (TPSA) is 64.8 Å². The quantitative estimate of drug-likeness (QED) is 0.252. The normalized spacial score (nSPS) is 18.4. The second-order valence-electron chi connectivity index (χ2n) is 6.82. The molecule has 148 valence electrons. The van der Waals surface area contributed by atoms with Crippen LogP contribution in [0.4, 0.5) is 5.69 Å². The van der Waals surface area contributed by atoms with Gasteiger partial charge in [-0.25, -0.2) is 4.79 Å². The lowest BCUT2D eigenvalue weighted by Gasteiger charge is -2.39. The van der Waals surface area contributed by atoms with Crippen molar-refractivity contribution in [3.05, 3.63) is 65.4 Å². The molecule has 0 saturated carbocycles. The predicted octanol–water partition coefficient (Wildman–Crippen LogP) is 3.23. The van der Waals surface area contributed by atoms with Gasteiger partial charge in [-0.15, -0.1) is 0 Å². The molecule has 2 unspecified atom stereocenters. The van der Waals surface area contributed by atoms with E-state index >= 15 is 0 Å². The van der Waals surface area contributed by atoms with Crippen molar-refractivity contribution >= 4 is 17.9 Å². The molecule has 1 aliphatic rings. The number of rotatable bonds is 6. The second-order valence-corrected chi connectivity index (χ2v) is 6.82. The smallest absolute Gasteiger partial charge is 0.378 e. The summed E-state index contributed by atoms with van der Waals surface area (Å²) < 4.78 is 11.0. The lowest BCUT2D eigenvalue weighted by molar-refractivity contribution is -0.488. The molecule has 28 heavy (non-hydrogen) atoms. The molecule has 0 aliphatic carbocycles. The van der Waals surface area contributed by atoms with Gasteiger partial charge in [0.15, 0.2) is 6.21 Å². The Morgan fingerprint density at radius 2 is 1.86 bits per heavy atom. The molecule has 3 rings (SSSR count). The number of piperidine rings is 1. The van der Waals surface area contributed by atoms with Crippen molar-refractivity contribution in [2.24, 2.45) is 0 Å². The van der Waals surface area contributed by atoms with E-state index in [1.54, 1.807) is 7.11 Å². The fourth-order valence-corrected chi connectivity index (χ4v) is 3.70. The van der Waals surface area contributed by atoms with Gasteiger partial charge in [0.25, 0.3) is 6.04 Å². The van der Waals surface area contributed by atoms with Crippen molar-refractivity contribution in [1.82, 2.24) is 0 Å². The number of benzene rings is 2. The van der Waals surface area contributed by atoms with Gasteiger partial charge in [0.2, 0.25) is 0 Å². The molecule has 1 saturated heterocycles. The van der Waals surface area contributed by atoms with Gasteiger partial charge >= 0.3 is 5.97 Å². The number of methoxy groups -OCH3 is 2. The van der Waals surface area contributed by atoms with Crippen LogP contribution in [0.1, 0.15) is 24.8 Å². The van der Waals surface area contributed by atoms with E-state index in [2.05, 4.69) is 4.90 Å². The van der Waals surface area contributed by atoms with Crippen molar-refractivity contribution in [2.45, 2.75) is 31.3 Å². The highest BCUT2D eigenvalue weighted by Gasteiger charge is 2.41. The second kappa shape index (κ2) is 9.26. The summed E-state index contributed by atoms with van der Waals surface area (Å²) in [4.78, 5) is 14.7. The van der Waals surface area contributed by atoms with E-state index in [9.17, 15) is 10.0 Å². The zero-order chi connectivity index (χ0) is 19.9. The maximum absolute atomic E-state index is 13.0. The first-order chi connectivity index (χ1) is 13.6. The summed E-state index contributed by atoms with van der Waals surface area (Å²) in [6, 6.07) is 15.8. The maximum atomic E-state index is 13.0. The first kappa shape index (κ1) is 19.7. The van der Waals surface area contributed by atoms with E-state index in [1.807, 2.05) is 54.6 Å². The third-order valence-electron chi connectivity index (χ3n) is 5.11. The Bertz CT molecular complexity index is 805. The minimum absolute atomic E-state index is 0.271. The Balaban J connectivity index is 1.94. The molecule has 0 N–H and O–H groups in total. The molecule has 0 aromatic heterocycles. The lowest BCUT2D eigenvalue weighted by Crippen LogP contribution is -2.54. The van der Waals surface area contributed by atoms with Crippen molar-refractivity contribution in [2.75, 3.05) is 25.7 Å². The van der Waals surface area contributed by atoms with Crippen LogP contribution < -0.4 is 9.64 Å². The summed E-state index contributed by atoms with van der Waals surface area (Å²) in [6.45, 7) is 0.781. The Labute approximate surface area is 165 Å². The van der Waals surface area contributed by atoms with Gasteiger partial charge in [0, 0.05) is 17.8 Å². The summed E-state index contributed by atoms with van der Waals surface area (Å²) in [7, 11) is 2.95. The first-order valence-corrected chi connectivity index (χ1v) is 9.48. The number of anilines is 1. The van der Waals surface area contributed by atoms with Crippen LogP contribution in [0.2, 0.25) is 0 Å². The molecule has 1 fully saturated rings. The Hall–Kier alpha value is -3.02. The van der Waals surface area contributed by atoms with Crippen LogP contribution in [-0.4, -0.2) is 49.8 Å². The molecule has 1 heterocycles. The Kier molecular flexibility index (Phi) is 6.53. The van der Waals surface area contributed by atoms with Crippen LogP contribution in [0.5, 0.6) is 5.75 Å². The van der Waals surface area contributed by atoms with Gasteiger partial charge in [0.1, 0.15) is 11.8 Å². The number of hydroxylamine groups is 1. The largest absolute Gasteiger partial charge is 0.623 e. The van der Waals surface area contributed by atoms with Gasteiger partial charge < -0.3 is 19.6 Å². The third-order valence-corrected chi connectivity index (χ3v) is 5.11. The molecule has 6 heteroatoms. The highest BCUT2D eigenvalue weighted by molar-refractivity contribution is 5.80. The summed E-state index contributed by atoms with van der Waals surface area (Å²) in [5.41, 5.74) is 1.71. The molecule has 2 atom stereocenters. The van der Waals surface area contributed by atoms with Crippen LogP contribution in [0.3, 0.4) is 0 Å². The van der Waals surface area contributed by atoms with E-state index in [-0.39, 0.29) is 6.04 Å². The number of carbonyl (C=O) groups is 1. The average molecular weight is 382 g/mol. The fourth-order valence-electron chi connectivity index (χ4n) is 3.70. The van der Waals surface area contributed by atoms with Crippen LogP contribution in [-0.2, 0) is 9.53 Å². The van der Waals surface area contributed by atoms with Crippen molar-refractivity contribution in [3.8, 4) is 5.75 Å². The molecule has 1 aliphatic heterocycles. The van der Waals surface area contributed by atoms with E-state index < -0.39 is 12.0 Å². The molecular formula is C22H26N2O4. The third kappa shape index (κ3) is 4.44. The van der Waals surface area contributed by atoms with Crippen LogP contribution in [0.25, 0.3) is 0 Å². The molecule has 0 spiro atoms. The minimum atomic E-state index is -0.937. The number of hydrogen-bond acceptors (Lipinski definition) is 5. The van der Waals surface area contributed by atoms with Crippen molar-refractivity contribution in [3.63, 3.8) is 0 Å². The molecule has 0 amide bonds. The number of nitrogens with zero attached hydrogens (tertiary/aromatic N) is 2. The van der Waals surface area contributed by atoms with E-state index in [1.165, 1.54) is 13.3 Å². The number of hydrogen-bond donors (Lipinski definition) is 0. The number of esters is 1. The zero-order valence-corrected chi connectivity index (χ0v) is 16.3. The summed E-state index contributed by atoms with van der Waals surface area (Å²) in [5.74, 6) is 0.247. The zero-order valence-electron chi connectivity index (χ0n) is 16.3. The molecule has 2 aromatic carbocycles. The Morgan fingerprint density at radius 3 is 2.50 bits per heavy atom. The number of carbonyl (C=O) groups excluding carboxylic acids is 1. The van der Waals surface area contributed by atoms with E-state index in [4.69, 9.17) is 9.47 Å². The van der Waals surface area contributed by atoms with Crippen LogP contribution >= 0.6 is 0 Å². The minimum Gasteiger partial charge on any atom is -0.623 e. The Morgan fingerprint density at radius 1 is 1.14 bits per heavy atom. The highest BCUT2D eigenvalue weighted by atomic mass is 16.5. The monoisotopic (exact) mass is 382 g/mol. The van der Waals surface area contributed by atoms with Crippen molar-refractivity contribution in [1.29, 1.82) is 0 Å². The number of ether oxygens (including phenoxy) is 2. The van der Waals surface area contributed by atoms with Gasteiger partial charge in [-0.05, 0) is 55.7 Å². The van der Waals surface area contributed by atoms with E-state index in [0.717, 1.165) is 47.5 Å². The maximum Gasteiger partial charge on any atom is 0.378 e. The average Bonchev–Trinajstić information content (AvgIpc) is 2.75. The first-order valence-electron chi connectivity index (χ1n) is 9.48. The van der Waals surface area contributed by atoms with Gasteiger partial charge in [-0.2, -0.15) is 4.74 Å². The van der Waals surface area contributed by atoms with Gasteiger partial charge in [-0.1, -0.05) is 18.2 Å². The lowest BCUT2D eigenvalue weighted by atomic mass is 9.94. The molecule has 2 aromatic rings. The summed E-state index contributed by atoms with van der Waals surface area (Å²) >= 11 is 0. The fraction of sp³-hybridized carbons (Fsp3) is 0.364. The molecular weight excluding hydrogens is 356 g/mol. The van der Waals surface area contributed by atoms with Crippen molar-refractivity contribution < 1.29 is 19.0 Å². The predicted molar refractivity (Wildman–Crippen MR) is 109 cm³/mol. The van der Waals surface area contributed by atoms with E-state index in [0.29, 0.717) is 0 Å². The SMILES string of the molecule is COC(=O)C(C1CCCCN1c1ccc(OC)cc1)/[N+]([O-])=C/c1ccccc1. The summed E-state index contributed by atoms with van der Waals surface area (Å²) in [5, 5.41) is 13.0. The summed E-state index contributed by atoms with van der Waals surface area (Å²) in [6.07, 6.45) is 4.18. The molecule has 0 bridgehead atoms. The van der Waals surface area contributed by atoms with Gasteiger partial charge in [0.05, 0.1) is 14.2 Å². The van der Waals surface area contributed by atoms with Gasteiger partial charge in [-0.3, -0.25) is 0 Å². The highest BCUT2D eigenvalue weighted by Crippen LogP contribution is 2.29.